The standard InChI is InChI=1S/C16H22O2/c1-11(2)14-7-5-13(6-8-14)10-15(17)16-9-4-12(3)18-16/h5-8,11-12,16H,4,9-10H2,1-3H3. The van der Waals surface area contributed by atoms with Crippen molar-refractivity contribution in [2.45, 2.75) is 58.2 Å². The maximum Gasteiger partial charge on any atom is 0.165 e. The molecule has 2 atom stereocenters. The zero-order valence-corrected chi connectivity index (χ0v) is 11.5. The predicted octanol–water partition coefficient (Wildman–Crippen LogP) is 3.49. The molecule has 0 bridgehead atoms. The first-order valence-corrected chi connectivity index (χ1v) is 6.83. The molecule has 1 aromatic rings. The van der Waals surface area contributed by atoms with E-state index in [1.807, 2.05) is 6.92 Å². The van der Waals surface area contributed by atoms with Crippen LogP contribution in [-0.2, 0) is 16.0 Å². The minimum absolute atomic E-state index is 0.176. The first kappa shape index (κ1) is 13.3. The lowest BCUT2D eigenvalue weighted by molar-refractivity contribution is -0.128. The van der Waals surface area contributed by atoms with Crippen molar-refractivity contribution in [2.24, 2.45) is 0 Å². The molecule has 1 aliphatic heterocycles. The lowest BCUT2D eigenvalue weighted by atomic mass is 9.98. The minimum atomic E-state index is -0.176. The zero-order valence-electron chi connectivity index (χ0n) is 11.5. The molecule has 0 aliphatic carbocycles. The number of rotatable bonds is 4. The summed E-state index contributed by atoms with van der Waals surface area (Å²) in [6.45, 7) is 6.38. The maximum absolute atomic E-state index is 12.1. The largest absolute Gasteiger partial charge is 0.367 e. The van der Waals surface area contributed by atoms with Gasteiger partial charge in [-0.25, -0.2) is 0 Å². The van der Waals surface area contributed by atoms with Crippen molar-refractivity contribution in [3.8, 4) is 0 Å². The number of carbonyl (C=O) groups is 1. The maximum atomic E-state index is 12.1. The van der Waals surface area contributed by atoms with Gasteiger partial charge in [0.15, 0.2) is 5.78 Å². The number of benzene rings is 1. The van der Waals surface area contributed by atoms with Gasteiger partial charge in [-0.15, -0.1) is 0 Å². The summed E-state index contributed by atoms with van der Waals surface area (Å²) in [4.78, 5) is 12.1. The van der Waals surface area contributed by atoms with Crippen LogP contribution >= 0.6 is 0 Å². The highest BCUT2D eigenvalue weighted by Crippen LogP contribution is 2.21. The van der Waals surface area contributed by atoms with Gasteiger partial charge in [0.05, 0.1) is 6.10 Å². The molecule has 98 valence electrons. The number of hydrogen-bond donors (Lipinski definition) is 0. The highest BCUT2D eigenvalue weighted by Gasteiger charge is 2.27. The molecule has 0 N–H and O–H groups in total. The molecule has 1 aliphatic rings. The fourth-order valence-electron chi connectivity index (χ4n) is 2.37. The molecule has 2 rings (SSSR count). The highest BCUT2D eigenvalue weighted by molar-refractivity contribution is 5.85. The smallest absolute Gasteiger partial charge is 0.165 e. The van der Waals surface area contributed by atoms with Crippen molar-refractivity contribution in [3.05, 3.63) is 35.4 Å². The predicted molar refractivity (Wildman–Crippen MR) is 72.8 cm³/mol. The quantitative estimate of drug-likeness (QED) is 0.813. The first-order valence-electron chi connectivity index (χ1n) is 6.83. The Morgan fingerprint density at radius 1 is 1.28 bits per heavy atom. The van der Waals surface area contributed by atoms with Crippen LogP contribution < -0.4 is 0 Å². The molecule has 0 radical (unpaired) electrons. The number of carbonyl (C=O) groups excluding carboxylic acids is 1. The molecule has 1 saturated heterocycles. The van der Waals surface area contributed by atoms with Gasteiger partial charge >= 0.3 is 0 Å². The molecule has 18 heavy (non-hydrogen) atoms. The van der Waals surface area contributed by atoms with Crippen LogP contribution in [0.1, 0.15) is 50.7 Å². The van der Waals surface area contributed by atoms with Gasteiger partial charge < -0.3 is 4.74 Å². The fraction of sp³-hybridized carbons (Fsp3) is 0.562. The number of Topliss-reactive ketones (excluding diaryl/α,β-unsaturated/α-hetero) is 1. The molecule has 1 fully saturated rings. The van der Waals surface area contributed by atoms with Crippen LogP contribution in [0.25, 0.3) is 0 Å². The van der Waals surface area contributed by atoms with E-state index in [2.05, 4.69) is 38.1 Å². The van der Waals surface area contributed by atoms with Crippen LogP contribution in [0.2, 0.25) is 0 Å². The summed E-state index contributed by atoms with van der Waals surface area (Å²) in [5, 5.41) is 0. The van der Waals surface area contributed by atoms with Gasteiger partial charge in [0.25, 0.3) is 0 Å². The molecule has 2 heteroatoms. The zero-order chi connectivity index (χ0) is 13.1. The van der Waals surface area contributed by atoms with Gasteiger partial charge in [0.1, 0.15) is 6.10 Å². The summed E-state index contributed by atoms with van der Waals surface area (Å²) in [6.07, 6.45) is 2.44. The van der Waals surface area contributed by atoms with E-state index in [4.69, 9.17) is 4.74 Å². The van der Waals surface area contributed by atoms with Crippen molar-refractivity contribution >= 4 is 5.78 Å². The van der Waals surface area contributed by atoms with Crippen LogP contribution in [0.3, 0.4) is 0 Å². The average Bonchev–Trinajstić information content (AvgIpc) is 2.76. The summed E-state index contributed by atoms with van der Waals surface area (Å²) in [7, 11) is 0. The number of hydrogen-bond acceptors (Lipinski definition) is 2. The van der Waals surface area contributed by atoms with Crippen molar-refractivity contribution in [1.82, 2.24) is 0 Å². The second kappa shape index (κ2) is 5.66. The van der Waals surface area contributed by atoms with Crippen molar-refractivity contribution in [1.29, 1.82) is 0 Å². The third-order valence-electron chi connectivity index (χ3n) is 3.62. The lowest BCUT2D eigenvalue weighted by Crippen LogP contribution is -2.22. The molecule has 0 saturated carbocycles. The monoisotopic (exact) mass is 246 g/mol. The molecular formula is C16H22O2. The van der Waals surface area contributed by atoms with Gasteiger partial charge in [-0.05, 0) is 36.8 Å². The van der Waals surface area contributed by atoms with E-state index in [0.717, 1.165) is 18.4 Å². The van der Waals surface area contributed by atoms with E-state index < -0.39 is 0 Å². The Morgan fingerprint density at radius 3 is 2.44 bits per heavy atom. The van der Waals surface area contributed by atoms with Gasteiger partial charge in [-0.3, -0.25) is 4.79 Å². The average molecular weight is 246 g/mol. The molecule has 0 aromatic heterocycles. The fourth-order valence-corrected chi connectivity index (χ4v) is 2.37. The normalized spacial score (nSPS) is 23.6. The molecule has 2 unspecified atom stereocenters. The summed E-state index contributed by atoms with van der Waals surface area (Å²) < 4.78 is 5.61. The van der Waals surface area contributed by atoms with E-state index in [9.17, 15) is 4.79 Å². The third kappa shape index (κ3) is 3.20. The molecule has 2 nitrogen and oxygen atoms in total. The lowest BCUT2D eigenvalue weighted by Gasteiger charge is -2.11. The van der Waals surface area contributed by atoms with E-state index in [1.54, 1.807) is 0 Å². The summed E-state index contributed by atoms with van der Waals surface area (Å²) in [6, 6.07) is 8.36. The minimum Gasteiger partial charge on any atom is -0.367 e. The van der Waals surface area contributed by atoms with Gasteiger partial charge in [-0.2, -0.15) is 0 Å². The Hall–Kier alpha value is -1.15. The first-order chi connectivity index (χ1) is 8.56. The van der Waals surface area contributed by atoms with Gasteiger partial charge in [0.2, 0.25) is 0 Å². The summed E-state index contributed by atoms with van der Waals surface area (Å²) in [5.74, 6) is 0.755. The molecule has 1 heterocycles. The molecule has 1 aromatic carbocycles. The van der Waals surface area contributed by atoms with E-state index in [-0.39, 0.29) is 18.0 Å². The Bertz CT molecular complexity index is 406. The number of ether oxygens (including phenoxy) is 1. The second-order valence-corrected chi connectivity index (χ2v) is 5.55. The second-order valence-electron chi connectivity index (χ2n) is 5.55. The van der Waals surface area contributed by atoms with Gasteiger partial charge in [0, 0.05) is 6.42 Å². The third-order valence-corrected chi connectivity index (χ3v) is 3.62. The van der Waals surface area contributed by atoms with Gasteiger partial charge in [-0.1, -0.05) is 38.1 Å². The summed E-state index contributed by atoms with van der Waals surface area (Å²) >= 11 is 0. The summed E-state index contributed by atoms with van der Waals surface area (Å²) in [5.41, 5.74) is 2.41. The topological polar surface area (TPSA) is 26.3 Å². The van der Waals surface area contributed by atoms with Crippen LogP contribution in [0.5, 0.6) is 0 Å². The Balaban J connectivity index is 1.95. The molecular weight excluding hydrogens is 224 g/mol. The SMILES string of the molecule is CC1CCC(C(=O)Cc2ccc(C(C)C)cc2)O1. The molecule has 0 amide bonds. The van der Waals surface area contributed by atoms with Crippen LogP contribution in [-0.4, -0.2) is 18.0 Å². The van der Waals surface area contributed by atoms with Crippen molar-refractivity contribution in [2.75, 3.05) is 0 Å². The van der Waals surface area contributed by atoms with Crippen LogP contribution in [0.15, 0.2) is 24.3 Å². The van der Waals surface area contributed by atoms with Crippen LogP contribution in [0, 0.1) is 0 Å². The van der Waals surface area contributed by atoms with Crippen LogP contribution in [0.4, 0.5) is 0 Å². The van der Waals surface area contributed by atoms with Crippen molar-refractivity contribution < 1.29 is 9.53 Å². The Kier molecular flexibility index (Phi) is 4.18. The Morgan fingerprint density at radius 2 is 1.94 bits per heavy atom. The Labute approximate surface area is 109 Å². The van der Waals surface area contributed by atoms with Crippen molar-refractivity contribution in [3.63, 3.8) is 0 Å². The van der Waals surface area contributed by atoms with E-state index in [0.29, 0.717) is 12.3 Å². The number of ketones is 1. The highest BCUT2D eigenvalue weighted by atomic mass is 16.5. The molecule has 0 spiro atoms. The van der Waals surface area contributed by atoms with E-state index in [1.165, 1.54) is 5.56 Å². The van der Waals surface area contributed by atoms with E-state index >= 15 is 0 Å².